The van der Waals surface area contributed by atoms with Gasteiger partial charge in [-0.1, -0.05) is 11.6 Å². The van der Waals surface area contributed by atoms with E-state index in [1.165, 1.54) is 0 Å². The summed E-state index contributed by atoms with van der Waals surface area (Å²) in [5.74, 6) is 0.797. The Labute approximate surface area is 117 Å². The Bertz CT molecular complexity index is 324. The van der Waals surface area contributed by atoms with Crippen LogP contribution in [0.2, 0.25) is 5.02 Å². The molecular formula is C10H13ClN2NaO. The molecule has 5 heteroatoms. The maximum Gasteiger partial charge on any atom is 0.147 e. The molecule has 2 rings (SSSR count). The zero-order chi connectivity index (χ0) is 9.97. The van der Waals surface area contributed by atoms with Crippen LogP contribution in [0.3, 0.4) is 0 Å². The van der Waals surface area contributed by atoms with Gasteiger partial charge >= 0.3 is 0 Å². The fourth-order valence-corrected chi connectivity index (χ4v) is 2.12. The molecule has 1 unspecified atom stereocenters. The van der Waals surface area contributed by atoms with E-state index in [1.807, 2.05) is 12.1 Å². The molecule has 1 aromatic heterocycles. The molecule has 1 saturated heterocycles. The standard InChI is InChI=1S/C10H13ClN2O.Na/c11-9-4-1-5-12-10(9)13-6-2-3-8(13)7-14;/h1,4-5,8,14H,2-3,6-7H2;. The Morgan fingerprint density at radius 1 is 1.60 bits per heavy atom. The van der Waals surface area contributed by atoms with E-state index in [2.05, 4.69) is 9.88 Å². The molecule has 15 heavy (non-hydrogen) atoms. The quantitative estimate of drug-likeness (QED) is 0.786. The summed E-state index contributed by atoms with van der Waals surface area (Å²) >= 11 is 6.04. The van der Waals surface area contributed by atoms with Crippen molar-refractivity contribution in [1.29, 1.82) is 0 Å². The summed E-state index contributed by atoms with van der Waals surface area (Å²) in [5, 5.41) is 9.84. The van der Waals surface area contributed by atoms with E-state index in [0.717, 1.165) is 25.2 Å². The number of aromatic nitrogens is 1. The number of hydrogen-bond donors (Lipinski definition) is 1. The van der Waals surface area contributed by atoms with Crippen molar-refractivity contribution in [3.05, 3.63) is 23.4 Å². The second kappa shape index (κ2) is 6.06. The number of rotatable bonds is 2. The van der Waals surface area contributed by atoms with Gasteiger partial charge in [0.25, 0.3) is 0 Å². The monoisotopic (exact) mass is 235 g/mol. The summed E-state index contributed by atoms with van der Waals surface area (Å²) in [7, 11) is 0. The van der Waals surface area contributed by atoms with Crippen molar-refractivity contribution in [3.63, 3.8) is 0 Å². The smallest absolute Gasteiger partial charge is 0.147 e. The van der Waals surface area contributed by atoms with Crippen LogP contribution in [-0.4, -0.2) is 58.8 Å². The third-order valence-electron chi connectivity index (χ3n) is 2.60. The van der Waals surface area contributed by atoms with Crippen molar-refractivity contribution in [2.45, 2.75) is 18.9 Å². The van der Waals surface area contributed by atoms with Crippen molar-refractivity contribution in [1.82, 2.24) is 4.98 Å². The maximum atomic E-state index is 9.18. The molecule has 0 aliphatic carbocycles. The molecule has 0 amide bonds. The van der Waals surface area contributed by atoms with Crippen LogP contribution in [0.15, 0.2) is 18.3 Å². The fourth-order valence-electron chi connectivity index (χ4n) is 1.89. The molecule has 77 valence electrons. The Kier molecular flexibility index (Phi) is 5.36. The fraction of sp³-hybridized carbons (Fsp3) is 0.500. The first-order valence-corrected chi connectivity index (χ1v) is 5.18. The molecule has 1 radical (unpaired) electrons. The van der Waals surface area contributed by atoms with Gasteiger partial charge in [0.15, 0.2) is 0 Å². The van der Waals surface area contributed by atoms with E-state index in [9.17, 15) is 5.11 Å². The number of hydrogen-bond acceptors (Lipinski definition) is 3. The van der Waals surface area contributed by atoms with Gasteiger partial charge in [0, 0.05) is 42.3 Å². The number of anilines is 1. The number of pyridine rings is 1. The van der Waals surface area contributed by atoms with Crippen LogP contribution < -0.4 is 4.90 Å². The van der Waals surface area contributed by atoms with Crippen molar-refractivity contribution in [3.8, 4) is 0 Å². The molecule has 0 bridgehead atoms. The first-order chi connectivity index (χ1) is 6.83. The maximum absolute atomic E-state index is 9.18. The summed E-state index contributed by atoms with van der Waals surface area (Å²) in [6, 6.07) is 3.83. The second-order valence-electron chi connectivity index (χ2n) is 3.48. The molecular weight excluding hydrogens is 223 g/mol. The van der Waals surface area contributed by atoms with Gasteiger partial charge in [-0.3, -0.25) is 0 Å². The number of halogens is 1. The molecule has 1 N–H and O–H groups in total. The zero-order valence-electron chi connectivity index (χ0n) is 8.86. The van der Waals surface area contributed by atoms with Gasteiger partial charge in [-0.15, -0.1) is 0 Å². The van der Waals surface area contributed by atoms with Crippen LogP contribution in [0.5, 0.6) is 0 Å². The first kappa shape index (κ1) is 13.3. The van der Waals surface area contributed by atoms with Crippen LogP contribution in [0.25, 0.3) is 0 Å². The average molecular weight is 236 g/mol. The van der Waals surface area contributed by atoms with Gasteiger partial charge in [0.1, 0.15) is 5.82 Å². The summed E-state index contributed by atoms with van der Waals surface area (Å²) in [5.41, 5.74) is 0. The van der Waals surface area contributed by atoms with Crippen LogP contribution in [-0.2, 0) is 0 Å². The molecule has 2 heterocycles. The second-order valence-corrected chi connectivity index (χ2v) is 3.89. The molecule has 0 saturated carbocycles. The number of aliphatic hydroxyl groups excluding tert-OH is 1. The van der Waals surface area contributed by atoms with Gasteiger partial charge in [-0.2, -0.15) is 0 Å². The van der Waals surface area contributed by atoms with E-state index in [0.29, 0.717) is 5.02 Å². The predicted molar refractivity (Wildman–Crippen MR) is 62.5 cm³/mol. The van der Waals surface area contributed by atoms with Crippen molar-refractivity contribution in [2.75, 3.05) is 18.1 Å². The van der Waals surface area contributed by atoms with Crippen molar-refractivity contribution in [2.24, 2.45) is 0 Å². The van der Waals surface area contributed by atoms with Gasteiger partial charge in [-0.25, -0.2) is 4.98 Å². The molecule has 0 spiro atoms. The van der Waals surface area contributed by atoms with Crippen LogP contribution in [0.1, 0.15) is 12.8 Å². The van der Waals surface area contributed by atoms with Gasteiger partial charge < -0.3 is 10.0 Å². The summed E-state index contributed by atoms with van der Waals surface area (Å²) < 4.78 is 0. The first-order valence-electron chi connectivity index (χ1n) is 4.81. The summed E-state index contributed by atoms with van der Waals surface area (Å²) in [6.45, 7) is 1.11. The topological polar surface area (TPSA) is 36.4 Å². The van der Waals surface area contributed by atoms with Gasteiger partial charge in [0.05, 0.1) is 17.7 Å². The molecule has 1 fully saturated rings. The third kappa shape index (κ3) is 2.86. The molecule has 1 aliphatic heterocycles. The molecule has 0 aromatic carbocycles. The normalized spacial score (nSPS) is 20.1. The van der Waals surface area contributed by atoms with Gasteiger partial charge in [0.2, 0.25) is 0 Å². The zero-order valence-corrected chi connectivity index (χ0v) is 11.6. The van der Waals surface area contributed by atoms with Gasteiger partial charge in [-0.05, 0) is 25.0 Å². The molecule has 3 nitrogen and oxygen atoms in total. The predicted octanol–water partition coefficient (Wildman–Crippen LogP) is 1.32. The van der Waals surface area contributed by atoms with Crippen molar-refractivity contribution >= 4 is 47.0 Å². The minimum Gasteiger partial charge on any atom is -0.394 e. The molecule has 1 aromatic rings. The minimum absolute atomic E-state index is 0. The van der Waals surface area contributed by atoms with E-state index >= 15 is 0 Å². The average Bonchev–Trinajstić information content (AvgIpc) is 2.66. The Morgan fingerprint density at radius 2 is 2.40 bits per heavy atom. The molecule has 1 aliphatic rings. The third-order valence-corrected chi connectivity index (χ3v) is 2.89. The minimum atomic E-state index is 0. The van der Waals surface area contributed by atoms with E-state index in [4.69, 9.17) is 11.6 Å². The Morgan fingerprint density at radius 3 is 3.07 bits per heavy atom. The molecule has 1 atom stereocenters. The Balaban J connectivity index is 0.00000112. The summed E-state index contributed by atoms with van der Waals surface area (Å²) in [4.78, 5) is 6.33. The SMILES string of the molecule is OCC1CCCN1c1ncccc1Cl.[Na]. The van der Waals surface area contributed by atoms with Crippen molar-refractivity contribution < 1.29 is 5.11 Å². The largest absolute Gasteiger partial charge is 0.394 e. The van der Waals surface area contributed by atoms with E-state index in [-0.39, 0.29) is 42.2 Å². The van der Waals surface area contributed by atoms with Crippen LogP contribution in [0, 0.1) is 0 Å². The van der Waals surface area contributed by atoms with E-state index < -0.39 is 0 Å². The number of aliphatic hydroxyl groups is 1. The van der Waals surface area contributed by atoms with E-state index in [1.54, 1.807) is 6.20 Å². The van der Waals surface area contributed by atoms with Crippen LogP contribution >= 0.6 is 11.6 Å². The Hall–Kier alpha value is 0.200. The van der Waals surface area contributed by atoms with Crippen LogP contribution in [0.4, 0.5) is 5.82 Å². The summed E-state index contributed by atoms with van der Waals surface area (Å²) in [6.07, 6.45) is 3.84. The number of nitrogens with zero attached hydrogens (tertiary/aromatic N) is 2.